The second kappa shape index (κ2) is 6.63. The molecule has 1 unspecified atom stereocenters. The average Bonchev–Trinajstić information content (AvgIpc) is 2.61. The van der Waals surface area contributed by atoms with Crippen LogP contribution in [0.3, 0.4) is 0 Å². The van der Waals surface area contributed by atoms with Crippen LogP contribution < -0.4 is 5.32 Å². The number of hydrogen-bond acceptors (Lipinski definition) is 3. The summed E-state index contributed by atoms with van der Waals surface area (Å²) in [6.45, 7) is 7.57. The molecule has 0 fully saturated rings. The molecule has 0 radical (unpaired) electrons. The highest BCUT2D eigenvalue weighted by Gasteiger charge is 2.06. The Bertz CT molecular complexity index is 288. The molecule has 0 saturated carbocycles. The van der Waals surface area contributed by atoms with Gasteiger partial charge in [0, 0.05) is 28.5 Å². The zero-order valence-electron chi connectivity index (χ0n) is 9.59. The molecule has 0 aliphatic carbocycles. The molecule has 15 heavy (non-hydrogen) atoms. The van der Waals surface area contributed by atoms with Crippen LogP contribution in [-0.2, 0) is 6.54 Å². The minimum atomic E-state index is 0.531. The molecule has 0 aromatic carbocycles. The summed E-state index contributed by atoms with van der Waals surface area (Å²) in [7, 11) is 2.15. The molecule has 0 aliphatic rings. The molecule has 0 spiro atoms. The van der Waals surface area contributed by atoms with Gasteiger partial charge in [-0.25, -0.2) is 0 Å². The first-order valence-corrected chi connectivity index (χ1v) is 6.94. The SMILES string of the molecule is CCN(C)CC(C)NCc1sccc1Br. The lowest BCUT2D eigenvalue weighted by Crippen LogP contribution is -2.36. The summed E-state index contributed by atoms with van der Waals surface area (Å²) in [5.74, 6) is 0. The Kier molecular flexibility index (Phi) is 5.82. The molecule has 0 bridgehead atoms. The highest BCUT2D eigenvalue weighted by atomic mass is 79.9. The standard InChI is InChI=1S/C11H19BrN2S/c1-4-14(3)8-9(2)13-7-11-10(12)5-6-15-11/h5-6,9,13H,4,7-8H2,1-3H3. The van der Waals surface area contributed by atoms with Crippen LogP contribution in [-0.4, -0.2) is 31.1 Å². The van der Waals surface area contributed by atoms with E-state index < -0.39 is 0 Å². The van der Waals surface area contributed by atoms with E-state index in [-0.39, 0.29) is 0 Å². The van der Waals surface area contributed by atoms with E-state index in [0.717, 1.165) is 19.6 Å². The van der Waals surface area contributed by atoms with Crippen molar-refractivity contribution in [3.63, 3.8) is 0 Å². The number of nitrogens with zero attached hydrogens (tertiary/aromatic N) is 1. The maximum absolute atomic E-state index is 3.54. The van der Waals surface area contributed by atoms with Gasteiger partial charge in [0.1, 0.15) is 0 Å². The second-order valence-electron chi connectivity index (χ2n) is 3.83. The largest absolute Gasteiger partial charge is 0.308 e. The van der Waals surface area contributed by atoms with Crippen LogP contribution in [0.5, 0.6) is 0 Å². The van der Waals surface area contributed by atoms with Crippen molar-refractivity contribution < 1.29 is 0 Å². The average molecular weight is 291 g/mol. The van der Waals surface area contributed by atoms with Crippen LogP contribution >= 0.6 is 27.3 Å². The van der Waals surface area contributed by atoms with Gasteiger partial charge in [-0.2, -0.15) is 0 Å². The van der Waals surface area contributed by atoms with Crippen LogP contribution in [0.1, 0.15) is 18.7 Å². The highest BCUT2D eigenvalue weighted by molar-refractivity contribution is 9.10. The number of likely N-dealkylation sites (N-methyl/N-ethyl adjacent to an activating group) is 1. The van der Waals surface area contributed by atoms with E-state index in [4.69, 9.17) is 0 Å². The van der Waals surface area contributed by atoms with Crippen molar-refractivity contribution >= 4 is 27.3 Å². The maximum Gasteiger partial charge on any atom is 0.0327 e. The maximum atomic E-state index is 3.54. The van der Waals surface area contributed by atoms with E-state index in [0.29, 0.717) is 6.04 Å². The minimum absolute atomic E-state index is 0.531. The van der Waals surface area contributed by atoms with Crippen molar-refractivity contribution in [2.45, 2.75) is 26.4 Å². The van der Waals surface area contributed by atoms with Gasteiger partial charge in [0.05, 0.1) is 0 Å². The van der Waals surface area contributed by atoms with Crippen molar-refractivity contribution in [1.82, 2.24) is 10.2 Å². The molecule has 1 heterocycles. The van der Waals surface area contributed by atoms with Crippen LogP contribution in [0.15, 0.2) is 15.9 Å². The topological polar surface area (TPSA) is 15.3 Å². The molecule has 2 nitrogen and oxygen atoms in total. The lowest BCUT2D eigenvalue weighted by molar-refractivity contribution is 0.310. The third-order valence-electron chi connectivity index (χ3n) is 2.43. The molecule has 86 valence electrons. The van der Waals surface area contributed by atoms with Crippen molar-refractivity contribution in [1.29, 1.82) is 0 Å². The quantitative estimate of drug-likeness (QED) is 0.867. The van der Waals surface area contributed by atoms with Crippen LogP contribution in [0.2, 0.25) is 0 Å². The van der Waals surface area contributed by atoms with Gasteiger partial charge in [-0.15, -0.1) is 11.3 Å². The zero-order valence-corrected chi connectivity index (χ0v) is 12.0. The van der Waals surface area contributed by atoms with E-state index in [1.54, 1.807) is 11.3 Å². The molecule has 1 N–H and O–H groups in total. The number of rotatable bonds is 6. The Hall–Kier alpha value is 0.100. The van der Waals surface area contributed by atoms with Gasteiger partial charge >= 0.3 is 0 Å². The summed E-state index contributed by atoms with van der Waals surface area (Å²) in [4.78, 5) is 3.70. The lowest BCUT2D eigenvalue weighted by atomic mass is 10.3. The molecule has 1 aromatic rings. The summed E-state index contributed by atoms with van der Waals surface area (Å²) in [5, 5.41) is 5.64. The summed E-state index contributed by atoms with van der Waals surface area (Å²) < 4.78 is 1.22. The molecular formula is C11H19BrN2S. The molecule has 1 aromatic heterocycles. The Morgan fingerprint density at radius 3 is 2.87 bits per heavy atom. The van der Waals surface area contributed by atoms with E-state index in [1.165, 1.54) is 9.35 Å². The third kappa shape index (κ3) is 4.64. The normalized spacial score (nSPS) is 13.4. The van der Waals surface area contributed by atoms with Gasteiger partial charge in [0.2, 0.25) is 0 Å². The van der Waals surface area contributed by atoms with Gasteiger partial charge in [0.25, 0.3) is 0 Å². The monoisotopic (exact) mass is 290 g/mol. The third-order valence-corrected chi connectivity index (χ3v) is 4.35. The van der Waals surface area contributed by atoms with E-state index in [2.05, 4.69) is 58.5 Å². The Morgan fingerprint density at radius 1 is 1.60 bits per heavy atom. The molecule has 1 atom stereocenters. The predicted octanol–water partition coefficient (Wildman–Crippen LogP) is 2.94. The van der Waals surface area contributed by atoms with E-state index in [9.17, 15) is 0 Å². The molecule has 0 saturated heterocycles. The first-order valence-electron chi connectivity index (χ1n) is 5.27. The molecular weight excluding hydrogens is 272 g/mol. The van der Waals surface area contributed by atoms with E-state index >= 15 is 0 Å². The second-order valence-corrected chi connectivity index (χ2v) is 5.68. The smallest absolute Gasteiger partial charge is 0.0327 e. The molecule has 0 amide bonds. The van der Waals surface area contributed by atoms with Crippen molar-refractivity contribution in [3.8, 4) is 0 Å². The summed E-state index contributed by atoms with van der Waals surface area (Å²) in [6.07, 6.45) is 0. The number of hydrogen-bond donors (Lipinski definition) is 1. The van der Waals surface area contributed by atoms with Crippen LogP contribution in [0.4, 0.5) is 0 Å². The summed E-state index contributed by atoms with van der Waals surface area (Å²) in [5.41, 5.74) is 0. The van der Waals surface area contributed by atoms with Crippen molar-refractivity contribution in [2.75, 3.05) is 20.1 Å². The predicted molar refractivity (Wildman–Crippen MR) is 71.5 cm³/mol. The number of halogens is 1. The Balaban J connectivity index is 2.28. The molecule has 0 aliphatic heterocycles. The van der Waals surface area contributed by atoms with Crippen LogP contribution in [0.25, 0.3) is 0 Å². The van der Waals surface area contributed by atoms with Crippen LogP contribution in [0, 0.1) is 0 Å². The van der Waals surface area contributed by atoms with Gasteiger partial charge in [0.15, 0.2) is 0 Å². The summed E-state index contributed by atoms with van der Waals surface area (Å²) in [6, 6.07) is 2.63. The van der Waals surface area contributed by atoms with Gasteiger partial charge in [-0.3, -0.25) is 0 Å². The van der Waals surface area contributed by atoms with Gasteiger partial charge in [-0.1, -0.05) is 6.92 Å². The number of nitrogens with one attached hydrogen (secondary N) is 1. The first kappa shape index (κ1) is 13.2. The fraction of sp³-hybridized carbons (Fsp3) is 0.636. The Morgan fingerprint density at radius 2 is 2.33 bits per heavy atom. The minimum Gasteiger partial charge on any atom is -0.308 e. The first-order chi connectivity index (χ1) is 7.13. The number of thiophene rings is 1. The fourth-order valence-corrected chi connectivity index (χ4v) is 2.82. The van der Waals surface area contributed by atoms with Gasteiger partial charge in [-0.05, 0) is 47.9 Å². The van der Waals surface area contributed by atoms with Gasteiger partial charge < -0.3 is 10.2 Å². The highest BCUT2D eigenvalue weighted by Crippen LogP contribution is 2.22. The Labute approximate surface area is 105 Å². The zero-order chi connectivity index (χ0) is 11.3. The van der Waals surface area contributed by atoms with Crippen molar-refractivity contribution in [2.24, 2.45) is 0 Å². The lowest BCUT2D eigenvalue weighted by Gasteiger charge is -2.20. The summed E-state index contributed by atoms with van der Waals surface area (Å²) >= 11 is 5.33. The van der Waals surface area contributed by atoms with Crippen molar-refractivity contribution in [3.05, 3.63) is 20.8 Å². The molecule has 4 heteroatoms. The fourth-order valence-electron chi connectivity index (χ4n) is 1.38. The van der Waals surface area contributed by atoms with E-state index in [1.807, 2.05) is 0 Å². The molecule has 1 rings (SSSR count).